The summed E-state index contributed by atoms with van der Waals surface area (Å²) in [5.74, 6) is 0.576. The number of aromatic nitrogens is 1. The van der Waals surface area contributed by atoms with Gasteiger partial charge < -0.3 is 9.52 Å². The molecule has 0 spiro atoms. The number of pyridine rings is 1. The zero-order valence-corrected chi connectivity index (χ0v) is 35.9. The van der Waals surface area contributed by atoms with Gasteiger partial charge in [0.15, 0.2) is 5.78 Å². The second-order valence-corrected chi connectivity index (χ2v) is 16.9. The van der Waals surface area contributed by atoms with E-state index in [4.69, 9.17) is 10.8 Å². The molecule has 0 bridgehead atoms. The van der Waals surface area contributed by atoms with Crippen LogP contribution in [0.15, 0.2) is 89.2 Å². The predicted octanol–water partition coefficient (Wildman–Crippen LogP) is 13.6. The van der Waals surface area contributed by atoms with Crippen molar-refractivity contribution in [3.63, 3.8) is 0 Å². The van der Waals surface area contributed by atoms with E-state index in [1.165, 1.54) is 16.5 Å². The molecule has 5 rings (SSSR count). The van der Waals surface area contributed by atoms with Crippen LogP contribution >= 0.6 is 0 Å². The monoisotopic (exact) mass is 880 g/mol. The van der Waals surface area contributed by atoms with Crippen LogP contribution in [0.4, 0.5) is 0 Å². The normalized spacial score (nSPS) is 13.2. The van der Waals surface area contributed by atoms with Gasteiger partial charge in [-0.25, -0.2) is 0 Å². The number of hydrogen-bond donors (Lipinski definition) is 1. The van der Waals surface area contributed by atoms with Crippen molar-refractivity contribution in [1.29, 1.82) is 0 Å². The summed E-state index contributed by atoms with van der Waals surface area (Å²) in [4.78, 5) is 17.0. The Bertz CT molecular complexity index is 2050. The minimum absolute atomic E-state index is 0. The van der Waals surface area contributed by atoms with E-state index < -0.39 is 10.8 Å². The van der Waals surface area contributed by atoms with Crippen molar-refractivity contribution in [2.45, 2.75) is 121 Å². The molecule has 0 aliphatic heterocycles. The minimum Gasteiger partial charge on any atom is -0.512 e. The molecule has 0 fully saturated rings. The fourth-order valence-corrected chi connectivity index (χ4v) is 6.23. The number of aliphatic hydroxyl groups excluding tert-OH is 1. The second kappa shape index (κ2) is 17.1. The van der Waals surface area contributed by atoms with E-state index in [-0.39, 0.29) is 48.5 Å². The van der Waals surface area contributed by atoms with E-state index >= 15 is 0 Å². The third-order valence-electron chi connectivity index (χ3n) is 10.7. The quantitative estimate of drug-likeness (QED) is 0.0862. The van der Waals surface area contributed by atoms with Gasteiger partial charge in [0.1, 0.15) is 17.1 Å². The number of benzene rings is 3. The minimum atomic E-state index is -0.534. The van der Waals surface area contributed by atoms with Gasteiger partial charge in [0.2, 0.25) is 0 Å². The maximum absolute atomic E-state index is 12.3. The third-order valence-corrected chi connectivity index (χ3v) is 10.7. The molecule has 1 N–H and O–H groups in total. The molecule has 0 saturated heterocycles. The van der Waals surface area contributed by atoms with E-state index in [9.17, 15) is 9.90 Å². The standard InChI is InChI=1S/C32H32NO.C15H28O2.Ir/c1-31(2,3)20-21-11-12-23-19-30(34-29(23)15-21)24-13-14-33-28(18-24)25-16-22-9-7-8-10-26(22)27(17-25)32(4,5)6;1-7-14(5,8-2)12(16)11-13(17)15(6,9-3)10-4;/h7-15,17-19H,20H2,1-6H3;11,16H,7-10H2,1-6H3;/q-1;;/b;12-11-;/i;11D;. The maximum Gasteiger partial charge on any atom is 0.164 e. The summed E-state index contributed by atoms with van der Waals surface area (Å²) in [6.07, 6.45) is 5.70. The molecule has 0 unspecified atom stereocenters. The summed E-state index contributed by atoms with van der Waals surface area (Å²) in [6.45, 7) is 25.2. The van der Waals surface area contributed by atoms with Crippen molar-refractivity contribution in [1.82, 2.24) is 4.98 Å². The SMILES string of the molecule is CC(C)(C)Cc1ccc2cc(-c3ccnc(-c4[c-]c5ccccc5c(C(C)(C)C)c4)c3)oc2c1.[2H]/C(C(=O)C(C)(CC)CC)=C(/O)C(C)(CC)CC.[Ir]. The van der Waals surface area contributed by atoms with E-state index in [1.807, 2.05) is 53.8 Å². The topological polar surface area (TPSA) is 63.3 Å². The van der Waals surface area contributed by atoms with Gasteiger partial charge >= 0.3 is 0 Å². The molecule has 0 aliphatic carbocycles. The second-order valence-electron chi connectivity index (χ2n) is 16.9. The molecule has 5 aromatic rings. The summed E-state index contributed by atoms with van der Waals surface area (Å²) in [6, 6.07) is 26.9. The summed E-state index contributed by atoms with van der Waals surface area (Å²) in [5.41, 5.74) is 5.74. The number of fused-ring (bicyclic) bond motifs is 2. The molecule has 281 valence electrons. The first-order valence-electron chi connectivity index (χ1n) is 19.2. The van der Waals surface area contributed by atoms with Crippen LogP contribution < -0.4 is 0 Å². The van der Waals surface area contributed by atoms with Crippen LogP contribution in [0, 0.1) is 22.3 Å². The van der Waals surface area contributed by atoms with Crippen LogP contribution in [0.5, 0.6) is 0 Å². The van der Waals surface area contributed by atoms with Crippen molar-refractivity contribution in [3.8, 4) is 22.6 Å². The number of hydrogen-bond acceptors (Lipinski definition) is 4. The molecule has 0 atom stereocenters. The van der Waals surface area contributed by atoms with E-state index in [0.717, 1.165) is 58.2 Å². The van der Waals surface area contributed by atoms with Gasteiger partial charge in [-0.1, -0.05) is 130 Å². The Morgan fingerprint density at radius 2 is 1.48 bits per heavy atom. The van der Waals surface area contributed by atoms with Crippen LogP contribution in [0.1, 0.15) is 121 Å². The molecule has 0 saturated carbocycles. The van der Waals surface area contributed by atoms with Gasteiger partial charge in [0.25, 0.3) is 0 Å². The van der Waals surface area contributed by atoms with Gasteiger partial charge in [-0.05, 0) is 66.7 Å². The van der Waals surface area contributed by atoms with E-state index in [1.54, 1.807) is 0 Å². The summed E-state index contributed by atoms with van der Waals surface area (Å²) in [5, 5.41) is 13.7. The van der Waals surface area contributed by atoms with Crippen molar-refractivity contribution in [2.75, 3.05) is 0 Å². The predicted molar refractivity (Wildman–Crippen MR) is 216 cm³/mol. The Morgan fingerprint density at radius 3 is 2.08 bits per heavy atom. The number of aliphatic hydroxyl groups is 1. The number of nitrogens with zero attached hydrogens (tertiary/aromatic N) is 1. The summed E-state index contributed by atoms with van der Waals surface area (Å²) in [7, 11) is 0. The Balaban J connectivity index is 0.000000342. The Morgan fingerprint density at radius 1 is 0.846 bits per heavy atom. The molecule has 2 heterocycles. The van der Waals surface area contributed by atoms with Crippen LogP contribution in [0.25, 0.3) is 44.3 Å². The smallest absolute Gasteiger partial charge is 0.164 e. The van der Waals surface area contributed by atoms with Crippen LogP contribution in [0.2, 0.25) is 0 Å². The number of rotatable bonds is 10. The zero-order chi connectivity index (χ0) is 38.6. The van der Waals surface area contributed by atoms with Gasteiger partial charge in [-0.3, -0.25) is 9.78 Å². The van der Waals surface area contributed by atoms with Gasteiger partial charge in [0, 0.05) is 59.8 Å². The Kier molecular flexibility index (Phi) is 13.5. The Hall–Kier alpha value is -3.53. The van der Waals surface area contributed by atoms with Gasteiger partial charge in [-0.2, -0.15) is 0 Å². The summed E-state index contributed by atoms with van der Waals surface area (Å²) < 4.78 is 14.3. The molecule has 1 radical (unpaired) electrons. The summed E-state index contributed by atoms with van der Waals surface area (Å²) >= 11 is 0. The largest absolute Gasteiger partial charge is 0.512 e. The van der Waals surface area contributed by atoms with Gasteiger partial charge in [0.05, 0.1) is 1.37 Å². The van der Waals surface area contributed by atoms with Crippen molar-refractivity contribution >= 4 is 27.5 Å². The number of carbonyl (C=O) groups excluding carboxylic acids is 1. The number of carbonyl (C=O) groups is 1. The number of furan rings is 1. The first kappa shape index (κ1) is 41.2. The molecule has 2 aromatic heterocycles. The van der Waals surface area contributed by atoms with Crippen molar-refractivity contribution in [2.24, 2.45) is 16.2 Å². The first-order chi connectivity index (χ1) is 24.3. The van der Waals surface area contributed by atoms with E-state index in [2.05, 4.69) is 108 Å². The molecule has 52 heavy (non-hydrogen) atoms. The molecular weight excluding hydrogens is 819 g/mol. The van der Waals surface area contributed by atoms with Crippen molar-refractivity contribution < 1.29 is 35.8 Å². The molecule has 0 aliphatic rings. The molecular formula is C47H60IrNO3-. The van der Waals surface area contributed by atoms with Crippen LogP contribution in [-0.2, 0) is 36.7 Å². The molecule has 3 aromatic carbocycles. The van der Waals surface area contributed by atoms with Crippen LogP contribution in [0.3, 0.4) is 0 Å². The Labute approximate surface area is 328 Å². The third kappa shape index (κ3) is 10.1. The molecule has 5 heteroatoms. The van der Waals surface area contributed by atoms with Gasteiger partial charge in [-0.15, -0.1) is 29.1 Å². The maximum atomic E-state index is 12.3. The number of ketones is 1. The van der Waals surface area contributed by atoms with Crippen LogP contribution in [-0.4, -0.2) is 15.9 Å². The fraction of sp³-hybridized carbons (Fsp3) is 0.447. The zero-order valence-electron chi connectivity index (χ0n) is 34.5. The molecule has 4 nitrogen and oxygen atoms in total. The number of allylic oxidation sites excluding steroid dienone is 2. The average Bonchev–Trinajstić information content (AvgIpc) is 3.55. The average molecular weight is 880 g/mol. The van der Waals surface area contributed by atoms with Crippen molar-refractivity contribution in [3.05, 3.63) is 102 Å². The first-order valence-corrected chi connectivity index (χ1v) is 18.7. The van der Waals surface area contributed by atoms with E-state index in [0.29, 0.717) is 12.8 Å². The fourth-order valence-electron chi connectivity index (χ4n) is 6.23. The molecule has 0 amide bonds.